The summed E-state index contributed by atoms with van der Waals surface area (Å²) >= 11 is 3.32. The molecular weight excluding hydrogens is 408 g/mol. The van der Waals surface area contributed by atoms with Crippen molar-refractivity contribution in [1.29, 1.82) is 0 Å². The average molecular weight is 425 g/mol. The first-order chi connectivity index (χ1) is 13.1. The van der Waals surface area contributed by atoms with E-state index in [-0.39, 0.29) is 6.54 Å². The van der Waals surface area contributed by atoms with Crippen molar-refractivity contribution >= 4 is 27.6 Å². The summed E-state index contributed by atoms with van der Waals surface area (Å²) in [6, 6.07) is 19.3. The van der Waals surface area contributed by atoms with E-state index in [1.54, 1.807) is 36.4 Å². The maximum atomic E-state index is 13.0. The van der Waals surface area contributed by atoms with Gasteiger partial charge >= 0.3 is 0 Å². The van der Waals surface area contributed by atoms with Crippen LogP contribution in [0.2, 0.25) is 0 Å². The molecule has 0 bridgehead atoms. The third-order valence-electron chi connectivity index (χ3n) is 4.06. The molecule has 1 amide bonds. The highest BCUT2D eigenvalue weighted by Gasteiger charge is 2.29. The van der Waals surface area contributed by atoms with Crippen LogP contribution in [0.4, 0.5) is 0 Å². The van der Waals surface area contributed by atoms with E-state index in [1.165, 1.54) is 12.3 Å². The lowest BCUT2D eigenvalue weighted by Gasteiger charge is -2.18. The van der Waals surface area contributed by atoms with Crippen LogP contribution in [0.5, 0.6) is 0 Å². The molecule has 136 valence electrons. The summed E-state index contributed by atoms with van der Waals surface area (Å²) in [5.74, 6) is -0.971. The fraction of sp³-hybridized carbons (Fsp3) is 0.0952. The highest BCUT2D eigenvalue weighted by atomic mass is 79.9. The number of amides is 1. The molecule has 0 aliphatic heterocycles. The largest absolute Gasteiger partial charge is 0.350 e. The summed E-state index contributed by atoms with van der Waals surface area (Å²) in [5, 5.41) is 2.76. The van der Waals surface area contributed by atoms with Gasteiger partial charge in [-0.15, -0.1) is 0 Å². The SMILES string of the molecule is O=C(NCc1ccccc1)[C@H](C(=O)c1ccc(Br)cc1)n1ccccc1=O. The van der Waals surface area contributed by atoms with Crippen molar-refractivity contribution < 1.29 is 9.59 Å². The summed E-state index contributed by atoms with van der Waals surface area (Å²) in [7, 11) is 0. The van der Waals surface area contributed by atoms with E-state index in [9.17, 15) is 14.4 Å². The minimum absolute atomic E-state index is 0.269. The van der Waals surface area contributed by atoms with Gasteiger partial charge in [0.05, 0.1) is 0 Å². The van der Waals surface area contributed by atoms with Crippen LogP contribution < -0.4 is 10.9 Å². The third-order valence-corrected chi connectivity index (χ3v) is 4.59. The minimum Gasteiger partial charge on any atom is -0.350 e. The Labute approximate surface area is 164 Å². The van der Waals surface area contributed by atoms with Gasteiger partial charge in [0, 0.05) is 28.8 Å². The lowest BCUT2D eigenvalue weighted by atomic mass is 10.0. The Balaban J connectivity index is 1.91. The van der Waals surface area contributed by atoms with E-state index < -0.39 is 23.3 Å². The molecule has 0 aliphatic rings. The van der Waals surface area contributed by atoms with Gasteiger partial charge in [0.25, 0.3) is 11.5 Å². The molecule has 0 radical (unpaired) electrons. The Bertz CT molecular complexity index is 998. The fourth-order valence-corrected chi connectivity index (χ4v) is 2.94. The summed E-state index contributed by atoms with van der Waals surface area (Å²) in [6.45, 7) is 0.269. The van der Waals surface area contributed by atoms with Crippen LogP contribution in [0.25, 0.3) is 0 Å². The molecule has 0 saturated heterocycles. The molecule has 1 atom stereocenters. The lowest BCUT2D eigenvalue weighted by Crippen LogP contribution is -2.41. The molecule has 1 aromatic heterocycles. The van der Waals surface area contributed by atoms with Gasteiger partial charge < -0.3 is 5.32 Å². The maximum Gasteiger partial charge on any atom is 0.251 e. The van der Waals surface area contributed by atoms with Gasteiger partial charge in [-0.25, -0.2) is 0 Å². The molecule has 5 nitrogen and oxygen atoms in total. The number of hydrogen-bond acceptors (Lipinski definition) is 3. The molecule has 27 heavy (non-hydrogen) atoms. The van der Waals surface area contributed by atoms with E-state index in [0.717, 1.165) is 14.6 Å². The van der Waals surface area contributed by atoms with E-state index >= 15 is 0 Å². The van der Waals surface area contributed by atoms with E-state index in [2.05, 4.69) is 21.2 Å². The first kappa shape index (κ1) is 18.8. The molecule has 1 N–H and O–H groups in total. The minimum atomic E-state index is -1.27. The van der Waals surface area contributed by atoms with Crippen molar-refractivity contribution in [3.8, 4) is 0 Å². The first-order valence-electron chi connectivity index (χ1n) is 8.35. The summed E-state index contributed by atoms with van der Waals surface area (Å²) in [4.78, 5) is 38.1. The third kappa shape index (κ3) is 4.60. The number of hydrogen-bond donors (Lipinski definition) is 1. The number of aromatic nitrogens is 1. The van der Waals surface area contributed by atoms with Gasteiger partial charge in [0.2, 0.25) is 0 Å². The van der Waals surface area contributed by atoms with Crippen molar-refractivity contribution in [2.45, 2.75) is 12.6 Å². The average Bonchev–Trinajstić information content (AvgIpc) is 2.69. The normalized spacial score (nSPS) is 11.6. The number of nitrogens with zero attached hydrogens (tertiary/aromatic N) is 1. The molecule has 3 aromatic rings. The topological polar surface area (TPSA) is 68.2 Å². The van der Waals surface area contributed by atoms with Gasteiger partial charge in [0.15, 0.2) is 11.8 Å². The standard InChI is InChI=1S/C21H17BrN2O3/c22-17-11-9-16(10-12-17)20(26)19(24-13-5-4-8-18(24)25)21(27)23-14-15-6-2-1-3-7-15/h1-13,19H,14H2,(H,23,27)/t19-/m0/s1. The van der Waals surface area contributed by atoms with Crippen molar-refractivity contribution in [1.82, 2.24) is 9.88 Å². The van der Waals surface area contributed by atoms with Gasteiger partial charge in [0.1, 0.15) is 0 Å². The molecule has 3 rings (SSSR count). The van der Waals surface area contributed by atoms with E-state index in [4.69, 9.17) is 0 Å². The highest BCUT2D eigenvalue weighted by Crippen LogP contribution is 2.17. The molecule has 1 heterocycles. The van der Waals surface area contributed by atoms with Crippen LogP contribution in [0.15, 0.2) is 88.3 Å². The fourth-order valence-electron chi connectivity index (χ4n) is 2.68. The number of ketones is 1. The Morgan fingerprint density at radius 1 is 0.926 bits per heavy atom. The number of nitrogens with one attached hydrogen (secondary N) is 1. The number of carbonyl (C=O) groups excluding carboxylic acids is 2. The Morgan fingerprint density at radius 3 is 2.26 bits per heavy atom. The second-order valence-corrected chi connectivity index (χ2v) is 6.84. The summed E-state index contributed by atoms with van der Waals surface area (Å²) in [5.41, 5.74) is 0.845. The molecule has 2 aromatic carbocycles. The predicted octanol–water partition coefficient (Wildman–Crippen LogP) is 3.35. The zero-order valence-electron chi connectivity index (χ0n) is 14.3. The smallest absolute Gasteiger partial charge is 0.251 e. The Kier molecular flexibility index (Phi) is 5.98. The van der Waals surface area contributed by atoms with Crippen LogP contribution in [-0.4, -0.2) is 16.3 Å². The number of carbonyl (C=O) groups is 2. The van der Waals surface area contributed by atoms with Crippen molar-refractivity contribution in [3.05, 3.63) is 105 Å². The molecule has 0 aliphatic carbocycles. The monoisotopic (exact) mass is 424 g/mol. The van der Waals surface area contributed by atoms with Crippen LogP contribution in [-0.2, 0) is 11.3 Å². The number of halogens is 1. The van der Waals surface area contributed by atoms with Crippen molar-refractivity contribution in [2.75, 3.05) is 0 Å². The zero-order valence-corrected chi connectivity index (χ0v) is 15.9. The van der Waals surface area contributed by atoms with Crippen LogP contribution >= 0.6 is 15.9 Å². The van der Waals surface area contributed by atoms with Crippen LogP contribution in [0.1, 0.15) is 22.0 Å². The maximum absolute atomic E-state index is 13.0. The van der Waals surface area contributed by atoms with Crippen LogP contribution in [0.3, 0.4) is 0 Å². The first-order valence-corrected chi connectivity index (χ1v) is 9.14. The van der Waals surface area contributed by atoms with Gasteiger partial charge in [-0.2, -0.15) is 0 Å². The second kappa shape index (κ2) is 8.60. The van der Waals surface area contributed by atoms with Gasteiger partial charge in [-0.3, -0.25) is 19.0 Å². The van der Waals surface area contributed by atoms with Gasteiger partial charge in [-0.05, 0) is 23.8 Å². The van der Waals surface area contributed by atoms with Crippen LogP contribution in [0, 0.1) is 0 Å². The predicted molar refractivity (Wildman–Crippen MR) is 107 cm³/mol. The highest BCUT2D eigenvalue weighted by molar-refractivity contribution is 9.10. The number of rotatable bonds is 6. The van der Waals surface area contributed by atoms with Crippen molar-refractivity contribution in [2.24, 2.45) is 0 Å². The molecule has 0 unspecified atom stereocenters. The van der Waals surface area contributed by atoms with Gasteiger partial charge in [-0.1, -0.05) is 64.5 Å². The number of Topliss-reactive ketones (excluding diaryl/α,β-unsaturated/α-hetero) is 1. The number of benzene rings is 2. The van der Waals surface area contributed by atoms with E-state index in [1.807, 2.05) is 30.3 Å². The molecular formula is C21H17BrN2O3. The zero-order chi connectivity index (χ0) is 19.2. The summed E-state index contributed by atoms with van der Waals surface area (Å²) < 4.78 is 1.98. The van der Waals surface area contributed by atoms with Crippen molar-refractivity contribution in [3.63, 3.8) is 0 Å². The Morgan fingerprint density at radius 2 is 1.59 bits per heavy atom. The summed E-state index contributed by atoms with van der Waals surface area (Å²) in [6.07, 6.45) is 1.45. The molecule has 0 spiro atoms. The van der Waals surface area contributed by atoms with E-state index in [0.29, 0.717) is 5.56 Å². The molecule has 6 heteroatoms. The lowest BCUT2D eigenvalue weighted by molar-refractivity contribution is -0.123. The molecule has 0 saturated carbocycles. The molecule has 0 fully saturated rings. The second-order valence-electron chi connectivity index (χ2n) is 5.92. The Hall–Kier alpha value is -2.99. The quantitative estimate of drug-likeness (QED) is 0.487. The number of pyridine rings is 1.